The third-order valence-corrected chi connectivity index (χ3v) is 4.88. The summed E-state index contributed by atoms with van der Waals surface area (Å²) in [5.41, 5.74) is 1.58. The third-order valence-electron chi connectivity index (χ3n) is 4.88. The lowest BCUT2D eigenvalue weighted by atomic mass is 10.0. The predicted molar refractivity (Wildman–Crippen MR) is 99.0 cm³/mol. The molecule has 1 atom stereocenters. The van der Waals surface area contributed by atoms with Crippen LogP contribution in [0.3, 0.4) is 0 Å². The van der Waals surface area contributed by atoms with Gasteiger partial charge in [0.25, 0.3) is 11.5 Å². The Kier molecular flexibility index (Phi) is 4.44. The van der Waals surface area contributed by atoms with Crippen molar-refractivity contribution in [3.8, 4) is 11.5 Å². The fourth-order valence-electron chi connectivity index (χ4n) is 3.57. The normalized spacial score (nSPS) is 16.8. The molecule has 132 valence electrons. The molecule has 4 rings (SSSR count). The number of aromatic nitrogens is 1. The zero-order chi connectivity index (χ0) is 17.9. The summed E-state index contributed by atoms with van der Waals surface area (Å²) < 4.78 is 5.29. The van der Waals surface area contributed by atoms with Gasteiger partial charge in [0.1, 0.15) is 11.3 Å². The van der Waals surface area contributed by atoms with Crippen LogP contribution >= 0.6 is 0 Å². The van der Waals surface area contributed by atoms with Crippen molar-refractivity contribution in [2.45, 2.75) is 25.3 Å². The highest BCUT2D eigenvalue weighted by molar-refractivity contribution is 5.94. The van der Waals surface area contributed by atoms with Crippen LogP contribution in [0.2, 0.25) is 0 Å². The van der Waals surface area contributed by atoms with Crippen LogP contribution in [-0.2, 0) is 6.42 Å². The molecule has 0 bridgehead atoms. The van der Waals surface area contributed by atoms with Crippen molar-refractivity contribution < 1.29 is 9.21 Å². The van der Waals surface area contributed by atoms with Crippen molar-refractivity contribution in [3.05, 3.63) is 82.3 Å². The first-order chi connectivity index (χ1) is 12.7. The molecule has 1 aliphatic heterocycles. The van der Waals surface area contributed by atoms with Crippen LogP contribution in [0.4, 0.5) is 0 Å². The SMILES string of the molecule is O=C(c1ccc(-c2ccco2)[nH]c1=O)N1CCC[C@H]1Cc1ccccc1. The van der Waals surface area contributed by atoms with Gasteiger partial charge in [0.05, 0.1) is 12.0 Å². The minimum atomic E-state index is -0.380. The van der Waals surface area contributed by atoms with Gasteiger partial charge in [-0.2, -0.15) is 0 Å². The largest absolute Gasteiger partial charge is 0.463 e. The molecule has 0 unspecified atom stereocenters. The molecule has 1 fully saturated rings. The molecule has 1 amide bonds. The van der Waals surface area contributed by atoms with Crippen LogP contribution in [0, 0.1) is 0 Å². The van der Waals surface area contributed by atoms with Gasteiger partial charge in [-0.05, 0) is 49.1 Å². The number of likely N-dealkylation sites (tertiary alicyclic amines) is 1. The quantitative estimate of drug-likeness (QED) is 0.785. The topological polar surface area (TPSA) is 66.3 Å². The molecular weight excluding hydrogens is 328 g/mol. The van der Waals surface area contributed by atoms with Gasteiger partial charge < -0.3 is 14.3 Å². The van der Waals surface area contributed by atoms with E-state index in [0.29, 0.717) is 18.0 Å². The number of furan rings is 1. The Hall–Kier alpha value is -3.08. The van der Waals surface area contributed by atoms with Crippen LogP contribution < -0.4 is 5.56 Å². The second-order valence-corrected chi connectivity index (χ2v) is 6.58. The van der Waals surface area contributed by atoms with Crippen molar-refractivity contribution in [3.63, 3.8) is 0 Å². The summed E-state index contributed by atoms with van der Waals surface area (Å²) in [6, 6.07) is 17.1. The monoisotopic (exact) mass is 348 g/mol. The highest BCUT2D eigenvalue weighted by atomic mass is 16.3. The second-order valence-electron chi connectivity index (χ2n) is 6.58. The smallest absolute Gasteiger partial charge is 0.261 e. The van der Waals surface area contributed by atoms with E-state index in [1.807, 2.05) is 23.1 Å². The van der Waals surface area contributed by atoms with Gasteiger partial charge in [0.2, 0.25) is 0 Å². The summed E-state index contributed by atoms with van der Waals surface area (Å²) in [7, 11) is 0. The van der Waals surface area contributed by atoms with Crippen molar-refractivity contribution in [2.24, 2.45) is 0 Å². The Bertz CT molecular complexity index is 945. The van der Waals surface area contributed by atoms with Crippen LogP contribution in [0.25, 0.3) is 11.5 Å². The fourth-order valence-corrected chi connectivity index (χ4v) is 3.57. The number of benzene rings is 1. The fraction of sp³-hybridized carbons (Fsp3) is 0.238. The average Bonchev–Trinajstić information content (AvgIpc) is 3.34. The van der Waals surface area contributed by atoms with E-state index in [4.69, 9.17) is 4.42 Å². The number of aromatic amines is 1. The third kappa shape index (κ3) is 3.20. The summed E-state index contributed by atoms with van der Waals surface area (Å²) in [4.78, 5) is 30.0. The first-order valence-corrected chi connectivity index (χ1v) is 8.84. The minimum absolute atomic E-state index is 0.133. The number of H-pyrrole nitrogens is 1. The number of hydrogen-bond acceptors (Lipinski definition) is 3. The molecule has 1 saturated heterocycles. The van der Waals surface area contributed by atoms with Crippen molar-refractivity contribution in [2.75, 3.05) is 6.54 Å². The van der Waals surface area contributed by atoms with Gasteiger partial charge in [-0.3, -0.25) is 9.59 Å². The maximum atomic E-state index is 12.9. The van der Waals surface area contributed by atoms with Gasteiger partial charge in [-0.25, -0.2) is 0 Å². The van der Waals surface area contributed by atoms with E-state index in [9.17, 15) is 9.59 Å². The molecule has 5 nitrogen and oxygen atoms in total. The molecule has 3 heterocycles. The van der Waals surface area contributed by atoms with Crippen molar-refractivity contribution in [1.29, 1.82) is 0 Å². The molecule has 3 aromatic rings. The summed E-state index contributed by atoms with van der Waals surface area (Å²) in [5, 5.41) is 0. The Morgan fingerprint density at radius 2 is 1.96 bits per heavy atom. The summed E-state index contributed by atoms with van der Waals surface area (Å²) in [6.07, 6.45) is 4.29. The number of nitrogens with zero attached hydrogens (tertiary/aromatic N) is 1. The van der Waals surface area contributed by atoms with E-state index in [0.717, 1.165) is 19.3 Å². The lowest BCUT2D eigenvalue weighted by molar-refractivity contribution is 0.0734. The maximum absolute atomic E-state index is 12.9. The lowest BCUT2D eigenvalue weighted by Crippen LogP contribution is -2.39. The highest BCUT2D eigenvalue weighted by Crippen LogP contribution is 2.23. The molecule has 0 radical (unpaired) electrons. The molecule has 1 aliphatic rings. The van der Waals surface area contributed by atoms with Gasteiger partial charge in [0.15, 0.2) is 0 Å². The van der Waals surface area contributed by atoms with E-state index >= 15 is 0 Å². The predicted octanol–water partition coefficient (Wildman–Crippen LogP) is 3.48. The first kappa shape index (κ1) is 16.4. The summed E-state index contributed by atoms with van der Waals surface area (Å²) in [5.74, 6) is 0.375. The van der Waals surface area contributed by atoms with E-state index in [1.54, 1.807) is 30.5 Å². The zero-order valence-electron chi connectivity index (χ0n) is 14.4. The molecule has 0 spiro atoms. The van der Waals surface area contributed by atoms with Gasteiger partial charge in [-0.15, -0.1) is 0 Å². The van der Waals surface area contributed by atoms with E-state index in [1.165, 1.54) is 5.56 Å². The van der Waals surface area contributed by atoms with Gasteiger partial charge >= 0.3 is 0 Å². The minimum Gasteiger partial charge on any atom is -0.463 e. The molecule has 1 N–H and O–H groups in total. The number of amides is 1. The van der Waals surface area contributed by atoms with Crippen molar-refractivity contribution in [1.82, 2.24) is 9.88 Å². The molecule has 2 aromatic heterocycles. The van der Waals surface area contributed by atoms with E-state index in [2.05, 4.69) is 17.1 Å². The number of hydrogen-bond donors (Lipinski definition) is 1. The molecular formula is C21H20N2O3. The molecule has 0 saturated carbocycles. The average molecular weight is 348 g/mol. The lowest BCUT2D eigenvalue weighted by Gasteiger charge is -2.24. The first-order valence-electron chi connectivity index (χ1n) is 8.84. The number of carbonyl (C=O) groups is 1. The number of rotatable bonds is 4. The Balaban J connectivity index is 1.56. The Morgan fingerprint density at radius 1 is 1.12 bits per heavy atom. The molecule has 26 heavy (non-hydrogen) atoms. The molecule has 5 heteroatoms. The Labute approximate surface area is 151 Å². The number of carbonyl (C=O) groups excluding carboxylic acids is 1. The zero-order valence-corrected chi connectivity index (χ0v) is 14.4. The van der Waals surface area contributed by atoms with Gasteiger partial charge in [-0.1, -0.05) is 30.3 Å². The van der Waals surface area contributed by atoms with Crippen LogP contribution in [-0.4, -0.2) is 28.4 Å². The molecule has 0 aliphatic carbocycles. The highest BCUT2D eigenvalue weighted by Gasteiger charge is 2.30. The number of pyridine rings is 1. The second kappa shape index (κ2) is 7.04. The van der Waals surface area contributed by atoms with Gasteiger partial charge in [0, 0.05) is 12.6 Å². The summed E-state index contributed by atoms with van der Waals surface area (Å²) in [6.45, 7) is 0.690. The summed E-state index contributed by atoms with van der Waals surface area (Å²) >= 11 is 0. The standard InChI is InChI=1S/C21H20N2O3/c24-20-17(10-11-18(22-20)19-9-5-13-26-19)21(25)23-12-4-8-16(23)14-15-6-2-1-3-7-15/h1-3,5-7,9-11,13,16H,4,8,12,14H2,(H,22,24)/t16-/m0/s1. The maximum Gasteiger partial charge on any atom is 0.261 e. The van der Waals surface area contributed by atoms with Crippen LogP contribution in [0.1, 0.15) is 28.8 Å². The van der Waals surface area contributed by atoms with E-state index in [-0.39, 0.29) is 23.1 Å². The Morgan fingerprint density at radius 3 is 2.69 bits per heavy atom. The number of nitrogens with one attached hydrogen (secondary N) is 1. The van der Waals surface area contributed by atoms with Crippen molar-refractivity contribution >= 4 is 5.91 Å². The van der Waals surface area contributed by atoms with Crippen LogP contribution in [0.15, 0.2) is 70.1 Å². The molecule has 1 aromatic carbocycles. The van der Waals surface area contributed by atoms with E-state index < -0.39 is 0 Å². The van der Waals surface area contributed by atoms with Crippen LogP contribution in [0.5, 0.6) is 0 Å².